The van der Waals surface area contributed by atoms with Crippen molar-refractivity contribution in [1.29, 1.82) is 0 Å². The predicted octanol–water partition coefficient (Wildman–Crippen LogP) is 3.08. The van der Waals surface area contributed by atoms with E-state index >= 15 is 0 Å². The van der Waals surface area contributed by atoms with Crippen LogP contribution in [0, 0.1) is 5.92 Å². The van der Waals surface area contributed by atoms with Crippen LogP contribution in [-0.4, -0.2) is 35.9 Å². The number of furan rings is 1. The van der Waals surface area contributed by atoms with Crippen LogP contribution in [0.15, 0.2) is 46.9 Å². The Balaban J connectivity index is 1.48. The summed E-state index contributed by atoms with van der Waals surface area (Å²) in [6.07, 6.45) is 1.50. The summed E-state index contributed by atoms with van der Waals surface area (Å²) in [5.41, 5.74) is 7.01. The molecule has 1 aliphatic heterocycles. The highest BCUT2D eigenvalue weighted by molar-refractivity contribution is 6.05. The summed E-state index contributed by atoms with van der Waals surface area (Å²) in [4.78, 5) is 25.8. The van der Waals surface area contributed by atoms with Gasteiger partial charge in [-0.2, -0.15) is 0 Å². The maximum Gasteiger partial charge on any atom is 0.260 e. The first-order valence-corrected chi connectivity index (χ1v) is 9.16. The first kappa shape index (κ1) is 17.4. The molecule has 1 fully saturated rings. The molecule has 27 heavy (non-hydrogen) atoms. The molecule has 1 saturated heterocycles. The summed E-state index contributed by atoms with van der Waals surface area (Å²) in [6.45, 7) is 2.28. The molecule has 3 aromatic rings. The topological polar surface area (TPSA) is 85.8 Å². The van der Waals surface area contributed by atoms with Crippen LogP contribution in [0.25, 0.3) is 21.9 Å². The molecule has 0 spiro atoms. The molecule has 2 heterocycles. The average molecular weight is 366 g/mol. The van der Waals surface area contributed by atoms with Gasteiger partial charge in [0, 0.05) is 23.4 Å². The van der Waals surface area contributed by atoms with Crippen LogP contribution in [0.5, 0.6) is 5.75 Å². The third-order valence-corrected chi connectivity index (χ3v) is 5.32. The summed E-state index contributed by atoms with van der Waals surface area (Å²) in [7, 11) is 0. The van der Waals surface area contributed by atoms with Crippen molar-refractivity contribution in [2.45, 2.75) is 25.8 Å². The zero-order chi connectivity index (χ0) is 19.0. The number of ether oxygens (including phenoxy) is 1. The number of amides is 2. The second-order valence-corrected chi connectivity index (χ2v) is 7.12. The van der Waals surface area contributed by atoms with Gasteiger partial charge in [0.25, 0.3) is 5.91 Å². The number of hydrogen-bond acceptors (Lipinski definition) is 4. The van der Waals surface area contributed by atoms with Gasteiger partial charge in [-0.1, -0.05) is 18.2 Å². The molecule has 2 aromatic carbocycles. The van der Waals surface area contributed by atoms with E-state index in [1.807, 2.05) is 43.3 Å². The summed E-state index contributed by atoms with van der Waals surface area (Å²) < 4.78 is 11.5. The van der Waals surface area contributed by atoms with Crippen LogP contribution in [0.4, 0.5) is 0 Å². The van der Waals surface area contributed by atoms with E-state index in [4.69, 9.17) is 14.9 Å². The molecule has 4 rings (SSSR count). The lowest BCUT2D eigenvalue weighted by molar-refractivity contribution is -0.139. The first-order chi connectivity index (χ1) is 13.0. The van der Waals surface area contributed by atoms with Crippen molar-refractivity contribution < 1.29 is 18.7 Å². The fourth-order valence-corrected chi connectivity index (χ4v) is 3.71. The van der Waals surface area contributed by atoms with E-state index in [1.54, 1.807) is 11.0 Å². The highest BCUT2D eigenvalue weighted by Gasteiger charge is 2.31. The molecule has 2 amide bonds. The standard InChI is InChI=1S/C21H22N2O4/c1-13-6-7-14(21(22)25)11-23(13)20(24)12-26-15-8-9-19-17(10-15)16-4-2-3-5-18(16)27-19/h2-5,8-10,13-14H,6-7,11-12H2,1H3,(H2,22,25)/t13-,14-/m0/s1. The summed E-state index contributed by atoms with van der Waals surface area (Å²) >= 11 is 0. The summed E-state index contributed by atoms with van der Waals surface area (Å²) in [5.74, 6) is -0.152. The number of nitrogens with two attached hydrogens (primary N) is 1. The Labute approximate surface area is 156 Å². The third-order valence-electron chi connectivity index (χ3n) is 5.32. The Morgan fingerprint density at radius 3 is 2.74 bits per heavy atom. The van der Waals surface area contributed by atoms with Crippen molar-refractivity contribution in [2.24, 2.45) is 11.7 Å². The number of fused-ring (bicyclic) bond motifs is 3. The number of likely N-dealkylation sites (tertiary alicyclic amines) is 1. The van der Waals surface area contributed by atoms with Crippen LogP contribution in [-0.2, 0) is 9.59 Å². The van der Waals surface area contributed by atoms with Gasteiger partial charge >= 0.3 is 0 Å². The Morgan fingerprint density at radius 2 is 1.93 bits per heavy atom. The van der Waals surface area contributed by atoms with Gasteiger partial charge in [-0.3, -0.25) is 9.59 Å². The SMILES string of the molecule is C[C@H]1CC[C@H](C(N)=O)CN1C(=O)COc1ccc2oc3ccccc3c2c1. The molecule has 6 heteroatoms. The highest BCUT2D eigenvalue weighted by Crippen LogP contribution is 2.31. The van der Waals surface area contributed by atoms with E-state index in [0.29, 0.717) is 12.3 Å². The van der Waals surface area contributed by atoms with E-state index in [0.717, 1.165) is 34.8 Å². The first-order valence-electron chi connectivity index (χ1n) is 9.16. The molecule has 0 aliphatic carbocycles. The van der Waals surface area contributed by atoms with Crippen LogP contribution in [0.1, 0.15) is 19.8 Å². The molecule has 0 radical (unpaired) electrons. The molecule has 0 unspecified atom stereocenters. The molecule has 1 aliphatic rings. The van der Waals surface area contributed by atoms with Crippen LogP contribution in [0.2, 0.25) is 0 Å². The van der Waals surface area contributed by atoms with Crippen molar-refractivity contribution in [3.63, 3.8) is 0 Å². The fourth-order valence-electron chi connectivity index (χ4n) is 3.71. The highest BCUT2D eigenvalue weighted by atomic mass is 16.5. The van der Waals surface area contributed by atoms with Crippen molar-refractivity contribution in [3.05, 3.63) is 42.5 Å². The molecule has 2 atom stereocenters. The van der Waals surface area contributed by atoms with Crippen molar-refractivity contribution in [3.8, 4) is 5.75 Å². The summed E-state index contributed by atoms with van der Waals surface area (Å²) in [6, 6.07) is 13.4. The van der Waals surface area contributed by atoms with Crippen molar-refractivity contribution in [2.75, 3.05) is 13.2 Å². The number of primary amides is 1. The second kappa shape index (κ2) is 6.95. The van der Waals surface area contributed by atoms with Crippen molar-refractivity contribution >= 4 is 33.8 Å². The zero-order valence-electron chi connectivity index (χ0n) is 15.2. The van der Waals surface area contributed by atoms with E-state index < -0.39 is 0 Å². The largest absolute Gasteiger partial charge is 0.484 e. The molecule has 6 nitrogen and oxygen atoms in total. The van der Waals surface area contributed by atoms with Crippen LogP contribution in [0.3, 0.4) is 0 Å². The fraction of sp³-hybridized carbons (Fsp3) is 0.333. The Bertz CT molecular complexity index is 1010. The Hall–Kier alpha value is -3.02. The molecule has 1 aromatic heterocycles. The van der Waals surface area contributed by atoms with Gasteiger partial charge in [0.2, 0.25) is 5.91 Å². The van der Waals surface area contributed by atoms with Gasteiger partial charge in [0.15, 0.2) is 6.61 Å². The number of piperidine rings is 1. The monoisotopic (exact) mass is 366 g/mol. The Morgan fingerprint density at radius 1 is 1.15 bits per heavy atom. The van der Waals surface area contributed by atoms with E-state index in [-0.39, 0.29) is 30.4 Å². The lowest BCUT2D eigenvalue weighted by Gasteiger charge is -2.36. The minimum Gasteiger partial charge on any atom is -0.484 e. The number of nitrogens with zero attached hydrogens (tertiary/aromatic N) is 1. The number of hydrogen-bond donors (Lipinski definition) is 1. The van der Waals surface area contributed by atoms with E-state index in [2.05, 4.69) is 0 Å². The van der Waals surface area contributed by atoms with Gasteiger partial charge in [0.1, 0.15) is 16.9 Å². The maximum absolute atomic E-state index is 12.6. The molecule has 0 saturated carbocycles. The number of rotatable bonds is 4. The van der Waals surface area contributed by atoms with Gasteiger partial charge < -0.3 is 19.8 Å². The normalized spacial score (nSPS) is 20.1. The average Bonchev–Trinajstić information content (AvgIpc) is 3.04. The van der Waals surface area contributed by atoms with Gasteiger partial charge in [0.05, 0.1) is 5.92 Å². The lowest BCUT2D eigenvalue weighted by Crippen LogP contribution is -2.50. The second-order valence-electron chi connectivity index (χ2n) is 7.12. The number of para-hydroxylation sites is 1. The quantitative estimate of drug-likeness (QED) is 0.769. The minimum absolute atomic E-state index is 0.0723. The number of carbonyl (C=O) groups excluding carboxylic acids is 2. The predicted molar refractivity (Wildman–Crippen MR) is 102 cm³/mol. The minimum atomic E-state index is -0.349. The Kier molecular flexibility index (Phi) is 4.48. The van der Waals surface area contributed by atoms with E-state index in [1.165, 1.54) is 0 Å². The molecule has 0 bridgehead atoms. The maximum atomic E-state index is 12.6. The van der Waals surface area contributed by atoms with Crippen LogP contribution < -0.4 is 10.5 Å². The summed E-state index contributed by atoms with van der Waals surface area (Å²) in [5, 5.41) is 1.97. The van der Waals surface area contributed by atoms with Gasteiger partial charge in [-0.05, 0) is 44.0 Å². The zero-order valence-corrected chi connectivity index (χ0v) is 15.2. The third kappa shape index (κ3) is 3.35. The van der Waals surface area contributed by atoms with Gasteiger partial charge in [-0.25, -0.2) is 0 Å². The van der Waals surface area contributed by atoms with Gasteiger partial charge in [-0.15, -0.1) is 0 Å². The smallest absolute Gasteiger partial charge is 0.260 e. The molecule has 140 valence electrons. The lowest BCUT2D eigenvalue weighted by atomic mass is 9.93. The molecular formula is C21H22N2O4. The van der Waals surface area contributed by atoms with E-state index in [9.17, 15) is 9.59 Å². The molecular weight excluding hydrogens is 344 g/mol. The number of carbonyl (C=O) groups is 2. The van der Waals surface area contributed by atoms with Crippen LogP contribution >= 0.6 is 0 Å². The number of benzene rings is 2. The van der Waals surface area contributed by atoms with Crippen molar-refractivity contribution in [1.82, 2.24) is 4.90 Å². The molecule has 2 N–H and O–H groups in total.